The SMILES string of the molecule is CC(C)N1CC(C(=O)N2CCCCC2Cn2cccn2)CC1=O. The van der Waals surface area contributed by atoms with Crippen LogP contribution in [0.25, 0.3) is 0 Å². The van der Waals surface area contributed by atoms with Crippen molar-refractivity contribution in [1.29, 1.82) is 0 Å². The van der Waals surface area contributed by atoms with Crippen LogP contribution < -0.4 is 0 Å². The van der Waals surface area contributed by atoms with Gasteiger partial charge in [0.2, 0.25) is 11.8 Å². The van der Waals surface area contributed by atoms with Crippen molar-refractivity contribution in [2.45, 2.75) is 58.2 Å². The van der Waals surface area contributed by atoms with E-state index in [1.54, 1.807) is 6.20 Å². The molecule has 23 heavy (non-hydrogen) atoms. The number of hydrogen-bond acceptors (Lipinski definition) is 3. The van der Waals surface area contributed by atoms with Gasteiger partial charge in [0, 0.05) is 37.9 Å². The second-order valence-corrected chi connectivity index (χ2v) is 6.95. The zero-order valence-electron chi connectivity index (χ0n) is 14.0. The van der Waals surface area contributed by atoms with Gasteiger partial charge >= 0.3 is 0 Å². The summed E-state index contributed by atoms with van der Waals surface area (Å²) in [5.74, 6) is 0.0838. The highest BCUT2D eigenvalue weighted by Crippen LogP contribution is 2.26. The molecule has 2 amide bonds. The monoisotopic (exact) mass is 318 g/mol. The molecule has 126 valence electrons. The molecule has 0 spiro atoms. The van der Waals surface area contributed by atoms with Crippen LogP contribution in [0.2, 0.25) is 0 Å². The Morgan fingerprint density at radius 1 is 1.39 bits per heavy atom. The van der Waals surface area contributed by atoms with Gasteiger partial charge in [0.15, 0.2) is 0 Å². The number of rotatable bonds is 4. The highest BCUT2D eigenvalue weighted by atomic mass is 16.2. The molecule has 2 atom stereocenters. The molecule has 2 unspecified atom stereocenters. The molecule has 1 aromatic rings. The summed E-state index contributed by atoms with van der Waals surface area (Å²) < 4.78 is 1.90. The normalized spacial score (nSPS) is 25.4. The van der Waals surface area contributed by atoms with Gasteiger partial charge in [-0.3, -0.25) is 14.3 Å². The Hall–Kier alpha value is -1.85. The first-order chi connectivity index (χ1) is 11.1. The summed E-state index contributed by atoms with van der Waals surface area (Å²) in [5.41, 5.74) is 0. The molecule has 0 bridgehead atoms. The second-order valence-electron chi connectivity index (χ2n) is 6.95. The van der Waals surface area contributed by atoms with Gasteiger partial charge in [0.1, 0.15) is 0 Å². The third-order valence-corrected chi connectivity index (χ3v) is 5.00. The molecule has 2 aliphatic heterocycles. The number of likely N-dealkylation sites (tertiary alicyclic amines) is 2. The van der Waals surface area contributed by atoms with Gasteiger partial charge in [0.25, 0.3) is 0 Å². The summed E-state index contributed by atoms with van der Waals surface area (Å²) in [4.78, 5) is 28.9. The van der Waals surface area contributed by atoms with Crippen molar-refractivity contribution in [3.05, 3.63) is 18.5 Å². The van der Waals surface area contributed by atoms with Gasteiger partial charge in [-0.15, -0.1) is 0 Å². The molecule has 0 N–H and O–H groups in total. The molecule has 6 heteroatoms. The summed E-state index contributed by atoms with van der Waals surface area (Å²) in [6.45, 7) is 6.13. The molecule has 0 aliphatic carbocycles. The van der Waals surface area contributed by atoms with Crippen LogP contribution in [-0.2, 0) is 16.1 Å². The van der Waals surface area contributed by atoms with Gasteiger partial charge in [-0.1, -0.05) is 0 Å². The average molecular weight is 318 g/mol. The Morgan fingerprint density at radius 3 is 2.87 bits per heavy atom. The number of carbonyl (C=O) groups is 2. The average Bonchev–Trinajstić information content (AvgIpc) is 3.16. The Balaban J connectivity index is 1.68. The van der Waals surface area contributed by atoms with Crippen molar-refractivity contribution in [2.24, 2.45) is 5.92 Å². The van der Waals surface area contributed by atoms with E-state index in [2.05, 4.69) is 5.10 Å². The van der Waals surface area contributed by atoms with E-state index in [0.717, 1.165) is 32.4 Å². The molecule has 1 aromatic heterocycles. The predicted molar refractivity (Wildman–Crippen MR) is 86.5 cm³/mol. The Labute approximate surface area is 137 Å². The second kappa shape index (κ2) is 6.72. The number of aromatic nitrogens is 2. The molecule has 0 aromatic carbocycles. The lowest BCUT2D eigenvalue weighted by atomic mass is 9.98. The van der Waals surface area contributed by atoms with Crippen molar-refractivity contribution in [1.82, 2.24) is 19.6 Å². The van der Waals surface area contributed by atoms with Crippen LogP contribution in [0.3, 0.4) is 0 Å². The third kappa shape index (κ3) is 3.41. The van der Waals surface area contributed by atoms with Crippen molar-refractivity contribution >= 4 is 11.8 Å². The first-order valence-corrected chi connectivity index (χ1v) is 8.63. The van der Waals surface area contributed by atoms with Crippen LogP contribution in [0.15, 0.2) is 18.5 Å². The highest BCUT2D eigenvalue weighted by molar-refractivity contribution is 5.89. The highest BCUT2D eigenvalue weighted by Gasteiger charge is 2.39. The fourth-order valence-electron chi connectivity index (χ4n) is 3.74. The maximum atomic E-state index is 13.0. The minimum absolute atomic E-state index is 0.110. The van der Waals surface area contributed by atoms with E-state index in [9.17, 15) is 9.59 Å². The van der Waals surface area contributed by atoms with Crippen molar-refractivity contribution in [3.63, 3.8) is 0 Å². The van der Waals surface area contributed by atoms with E-state index in [0.29, 0.717) is 13.0 Å². The lowest BCUT2D eigenvalue weighted by Crippen LogP contribution is -2.48. The Bertz CT molecular complexity index is 555. The number of nitrogens with zero attached hydrogens (tertiary/aromatic N) is 4. The Morgan fingerprint density at radius 2 is 2.22 bits per heavy atom. The minimum atomic E-state index is -0.178. The predicted octanol–water partition coefficient (Wildman–Crippen LogP) is 1.52. The fourth-order valence-corrected chi connectivity index (χ4v) is 3.74. The third-order valence-electron chi connectivity index (χ3n) is 5.00. The number of amides is 2. The van der Waals surface area contributed by atoms with Gasteiger partial charge in [-0.05, 0) is 39.2 Å². The summed E-state index contributed by atoms with van der Waals surface area (Å²) in [7, 11) is 0. The maximum absolute atomic E-state index is 13.0. The van der Waals surface area contributed by atoms with Crippen LogP contribution in [0.1, 0.15) is 39.5 Å². The molecular formula is C17H26N4O2. The minimum Gasteiger partial charge on any atom is -0.339 e. The largest absolute Gasteiger partial charge is 0.339 e. The fraction of sp³-hybridized carbons (Fsp3) is 0.706. The van der Waals surface area contributed by atoms with Gasteiger partial charge in [0.05, 0.1) is 18.5 Å². The van der Waals surface area contributed by atoms with Crippen LogP contribution in [-0.4, -0.2) is 56.6 Å². The molecule has 0 saturated carbocycles. The molecule has 3 rings (SSSR count). The lowest BCUT2D eigenvalue weighted by molar-refractivity contribution is -0.139. The van der Waals surface area contributed by atoms with E-state index in [1.807, 2.05) is 40.6 Å². The molecule has 2 saturated heterocycles. The van der Waals surface area contributed by atoms with E-state index < -0.39 is 0 Å². The van der Waals surface area contributed by atoms with Crippen LogP contribution >= 0.6 is 0 Å². The topological polar surface area (TPSA) is 58.4 Å². The summed E-state index contributed by atoms with van der Waals surface area (Å²) in [6, 6.07) is 2.27. The van der Waals surface area contributed by atoms with E-state index >= 15 is 0 Å². The lowest BCUT2D eigenvalue weighted by Gasteiger charge is -2.37. The molecule has 0 radical (unpaired) electrons. The molecule has 2 fully saturated rings. The molecule has 3 heterocycles. The van der Waals surface area contributed by atoms with E-state index in [-0.39, 0.29) is 29.8 Å². The first-order valence-electron chi connectivity index (χ1n) is 8.63. The summed E-state index contributed by atoms with van der Waals surface area (Å²) in [6.07, 6.45) is 7.29. The molecule has 6 nitrogen and oxygen atoms in total. The standard InChI is InChI=1S/C17H26N4O2/c1-13(2)21-11-14(10-16(21)22)17(23)20-9-4-3-6-15(20)12-19-8-5-7-18-19/h5,7-8,13-15H,3-4,6,9-12H2,1-2H3. The van der Waals surface area contributed by atoms with Crippen molar-refractivity contribution in [3.8, 4) is 0 Å². The smallest absolute Gasteiger partial charge is 0.228 e. The molecular weight excluding hydrogens is 292 g/mol. The van der Waals surface area contributed by atoms with Crippen LogP contribution in [0.4, 0.5) is 0 Å². The van der Waals surface area contributed by atoms with Crippen molar-refractivity contribution < 1.29 is 9.59 Å². The van der Waals surface area contributed by atoms with Gasteiger partial charge < -0.3 is 9.80 Å². The summed E-state index contributed by atoms with van der Waals surface area (Å²) >= 11 is 0. The van der Waals surface area contributed by atoms with Gasteiger partial charge in [-0.2, -0.15) is 5.10 Å². The van der Waals surface area contributed by atoms with Gasteiger partial charge in [-0.25, -0.2) is 0 Å². The van der Waals surface area contributed by atoms with Crippen molar-refractivity contribution in [2.75, 3.05) is 13.1 Å². The zero-order valence-corrected chi connectivity index (χ0v) is 14.0. The van der Waals surface area contributed by atoms with Crippen LogP contribution in [0.5, 0.6) is 0 Å². The first kappa shape index (κ1) is 16.0. The van der Waals surface area contributed by atoms with Crippen LogP contribution in [0, 0.1) is 5.92 Å². The van der Waals surface area contributed by atoms with E-state index in [1.165, 1.54) is 0 Å². The zero-order chi connectivity index (χ0) is 16.4. The molecule has 2 aliphatic rings. The number of hydrogen-bond donors (Lipinski definition) is 0. The summed E-state index contributed by atoms with van der Waals surface area (Å²) in [5, 5.41) is 4.27. The number of carbonyl (C=O) groups excluding carboxylic acids is 2. The Kier molecular flexibility index (Phi) is 4.68. The van der Waals surface area contributed by atoms with E-state index in [4.69, 9.17) is 0 Å². The maximum Gasteiger partial charge on any atom is 0.228 e. The number of piperidine rings is 1. The quantitative estimate of drug-likeness (QED) is 0.846.